The summed E-state index contributed by atoms with van der Waals surface area (Å²) < 4.78 is 5.37. The average molecular weight is 236 g/mol. The Morgan fingerprint density at radius 2 is 1.94 bits per heavy atom. The summed E-state index contributed by atoms with van der Waals surface area (Å²) in [6.07, 6.45) is 0. The van der Waals surface area contributed by atoms with E-state index in [4.69, 9.17) is 10.5 Å². The zero-order valence-electron chi connectivity index (χ0n) is 11.4. The summed E-state index contributed by atoms with van der Waals surface area (Å²) >= 11 is 0. The third kappa shape index (κ3) is 3.72. The van der Waals surface area contributed by atoms with Crippen LogP contribution in [0.15, 0.2) is 18.2 Å². The molecule has 17 heavy (non-hydrogen) atoms. The molecular formula is C14H24N2O. The van der Waals surface area contributed by atoms with Crippen LogP contribution in [-0.2, 0) is 0 Å². The fourth-order valence-corrected chi connectivity index (χ4v) is 2.00. The summed E-state index contributed by atoms with van der Waals surface area (Å²) in [4.78, 5) is 2.33. The molecule has 0 heterocycles. The van der Waals surface area contributed by atoms with Crippen LogP contribution in [-0.4, -0.2) is 31.6 Å². The highest BCUT2D eigenvalue weighted by Gasteiger charge is 2.14. The number of methoxy groups -OCH3 is 1. The minimum Gasteiger partial charge on any atom is -0.496 e. The maximum absolute atomic E-state index is 6.27. The normalized spacial score (nSPS) is 12.8. The number of likely N-dealkylation sites (N-methyl/N-ethyl adjacent to an activating group) is 1. The van der Waals surface area contributed by atoms with E-state index in [0.717, 1.165) is 30.9 Å². The molecule has 0 aliphatic heterocycles. The molecule has 0 bridgehead atoms. The minimum absolute atomic E-state index is 0.00440. The van der Waals surface area contributed by atoms with E-state index in [-0.39, 0.29) is 6.04 Å². The third-order valence-corrected chi connectivity index (χ3v) is 3.13. The van der Waals surface area contributed by atoms with E-state index in [0.29, 0.717) is 0 Å². The van der Waals surface area contributed by atoms with Gasteiger partial charge in [-0.15, -0.1) is 0 Å². The first-order chi connectivity index (χ1) is 8.12. The molecule has 3 heteroatoms. The molecule has 0 amide bonds. The van der Waals surface area contributed by atoms with Gasteiger partial charge in [-0.05, 0) is 26.1 Å². The monoisotopic (exact) mass is 236 g/mol. The number of nitrogens with two attached hydrogens (primary N) is 1. The van der Waals surface area contributed by atoms with Crippen LogP contribution in [0.4, 0.5) is 0 Å². The number of hydrogen-bond acceptors (Lipinski definition) is 3. The van der Waals surface area contributed by atoms with Gasteiger partial charge in [0.1, 0.15) is 5.75 Å². The van der Waals surface area contributed by atoms with E-state index in [1.165, 1.54) is 5.56 Å². The second-order valence-corrected chi connectivity index (χ2v) is 4.34. The highest BCUT2D eigenvalue weighted by Crippen LogP contribution is 2.25. The summed E-state index contributed by atoms with van der Waals surface area (Å²) in [6, 6.07) is 6.16. The van der Waals surface area contributed by atoms with E-state index in [9.17, 15) is 0 Å². The lowest BCUT2D eigenvalue weighted by molar-refractivity contribution is 0.281. The quantitative estimate of drug-likeness (QED) is 0.824. The standard InChI is InChI=1S/C14H24N2O/c1-5-16(6-2)10-13(15)12-9-11(3)7-8-14(12)17-4/h7-9,13H,5-6,10,15H2,1-4H3. The van der Waals surface area contributed by atoms with Crippen LogP contribution in [0.1, 0.15) is 31.0 Å². The van der Waals surface area contributed by atoms with Crippen molar-refractivity contribution in [3.8, 4) is 5.75 Å². The molecule has 3 nitrogen and oxygen atoms in total. The molecule has 2 N–H and O–H groups in total. The van der Waals surface area contributed by atoms with Gasteiger partial charge in [0, 0.05) is 18.2 Å². The number of ether oxygens (including phenoxy) is 1. The largest absolute Gasteiger partial charge is 0.496 e. The van der Waals surface area contributed by atoms with Gasteiger partial charge in [-0.3, -0.25) is 0 Å². The van der Waals surface area contributed by atoms with E-state index in [1.807, 2.05) is 12.1 Å². The van der Waals surface area contributed by atoms with Gasteiger partial charge in [0.15, 0.2) is 0 Å². The van der Waals surface area contributed by atoms with Crippen LogP contribution in [0.25, 0.3) is 0 Å². The first kappa shape index (κ1) is 14.0. The molecule has 0 aromatic heterocycles. The van der Waals surface area contributed by atoms with Crippen molar-refractivity contribution in [3.05, 3.63) is 29.3 Å². The predicted octanol–water partition coefficient (Wildman–Crippen LogP) is 2.35. The Morgan fingerprint density at radius 1 is 1.29 bits per heavy atom. The number of aryl methyl sites for hydroxylation is 1. The van der Waals surface area contributed by atoms with E-state index < -0.39 is 0 Å². The molecule has 0 fully saturated rings. The Balaban J connectivity index is 2.86. The molecule has 0 aliphatic rings. The Morgan fingerprint density at radius 3 is 2.47 bits per heavy atom. The van der Waals surface area contributed by atoms with Gasteiger partial charge in [0.2, 0.25) is 0 Å². The molecule has 0 spiro atoms. The minimum atomic E-state index is 0.00440. The van der Waals surface area contributed by atoms with Gasteiger partial charge >= 0.3 is 0 Å². The summed E-state index contributed by atoms with van der Waals surface area (Å²) in [6.45, 7) is 9.31. The first-order valence-electron chi connectivity index (χ1n) is 6.24. The molecule has 1 aromatic rings. The third-order valence-electron chi connectivity index (χ3n) is 3.13. The fraction of sp³-hybridized carbons (Fsp3) is 0.571. The predicted molar refractivity (Wildman–Crippen MR) is 72.4 cm³/mol. The summed E-state index contributed by atoms with van der Waals surface area (Å²) in [5.41, 5.74) is 8.59. The smallest absolute Gasteiger partial charge is 0.123 e. The molecule has 1 unspecified atom stereocenters. The molecule has 0 saturated heterocycles. The maximum atomic E-state index is 6.27. The van der Waals surface area contributed by atoms with E-state index >= 15 is 0 Å². The molecular weight excluding hydrogens is 212 g/mol. The van der Waals surface area contributed by atoms with Crippen molar-refractivity contribution in [2.75, 3.05) is 26.7 Å². The highest BCUT2D eigenvalue weighted by atomic mass is 16.5. The average Bonchev–Trinajstić information content (AvgIpc) is 2.35. The lowest BCUT2D eigenvalue weighted by atomic mass is 10.0. The highest BCUT2D eigenvalue weighted by molar-refractivity contribution is 5.39. The van der Waals surface area contributed by atoms with Gasteiger partial charge in [0.05, 0.1) is 7.11 Å². The van der Waals surface area contributed by atoms with Gasteiger partial charge in [-0.1, -0.05) is 31.5 Å². The van der Waals surface area contributed by atoms with Crippen molar-refractivity contribution in [1.29, 1.82) is 0 Å². The molecule has 0 radical (unpaired) electrons. The maximum Gasteiger partial charge on any atom is 0.123 e. The van der Waals surface area contributed by atoms with Crippen LogP contribution >= 0.6 is 0 Å². The number of nitrogens with zero attached hydrogens (tertiary/aromatic N) is 1. The summed E-state index contributed by atoms with van der Waals surface area (Å²) in [5.74, 6) is 0.884. The molecule has 1 aromatic carbocycles. The van der Waals surface area contributed by atoms with Gasteiger partial charge < -0.3 is 15.4 Å². The van der Waals surface area contributed by atoms with Gasteiger partial charge in [-0.25, -0.2) is 0 Å². The van der Waals surface area contributed by atoms with E-state index in [2.05, 4.69) is 31.7 Å². The lowest BCUT2D eigenvalue weighted by Crippen LogP contribution is -2.32. The van der Waals surface area contributed by atoms with Crippen molar-refractivity contribution in [1.82, 2.24) is 4.90 Å². The van der Waals surface area contributed by atoms with E-state index in [1.54, 1.807) is 7.11 Å². The topological polar surface area (TPSA) is 38.5 Å². The number of rotatable bonds is 6. The first-order valence-corrected chi connectivity index (χ1v) is 6.24. The number of benzene rings is 1. The zero-order chi connectivity index (χ0) is 12.8. The molecule has 96 valence electrons. The number of hydrogen-bond donors (Lipinski definition) is 1. The van der Waals surface area contributed by atoms with Crippen molar-refractivity contribution < 1.29 is 4.74 Å². The molecule has 1 rings (SSSR count). The fourth-order valence-electron chi connectivity index (χ4n) is 2.00. The van der Waals surface area contributed by atoms with Crippen LogP contribution < -0.4 is 10.5 Å². The summed E-state index contributed by atoms with van der Waals surface area (Å²) in [5, 5.41) is 0. The van der Waals surface area contributed by atoms with Crippen LogP contribution in [0.3, 0.4) is 0 Å². The molecule has 0 aliphatic carbocycles. The molecule has 1 atom stereocenters. The Hall–Kier alpha value is -1.06. The van der Waals surface area contributed by atoms with Crippen molar-refractivity contribution in [3.63, 3.8) is 0 Å². The van der Waals surface area contributed by atoms with Crippen LogP contribution in [0.2, 0.25) is 0 Å². The van der Waals surface area contributed by atoms with Crippen LogP contribution in [0.5, 0.6) is 5.75 Å². The second-order valence-electron chi connectivity index (χ2n) is 4.34. The van der Waals surface area contributed by atoms with Gasteiger partial charge in [-0.2, -0.15) is 0 Å². The Kier molecular flexibility index (Phi) is 5.45. The van der Waals surface area contributed by atoms with Crippen LogP contribution in [0, 0.1) is 6.92 Å². The Bertz CT molecular complexity index is 348. The van der Waals surface area contributed by atoms with Crippen molar-refractivity contribution in [2.24, 2.45) is 5.73 Å². The SMILES string of the molecule is CCN(CC)CC(N)c1cc(C)ccc1OC. The lowest BCUT2D eigenvalue weighted by Gasteiger charge is -2.24. The van der Waals surface area contributed by atoms with Crippen molar-refractivity contribution >= 4 is 0 Å². The summed E-state index contributed by atoms with van der Waals surface area (Å²) in [7, 11) is 1.69. The zero-order valence-corrected chi connectivity index (χ0v) is 11.4. The van der Waals surface area contributed by atoms with Gasteiger partial charge in [0.25, 0.3) is 0 Å². The second kappa shape index (κ2) is 6.62. The Labute approximate surface area is 105 Å². The molecule has 0 saturated carbocycles. The van der Waals surface area contributed by atoms with Crippen molar-refractivity contribution in [2.45, 2.75) is 26.8 Å².